The highest BCUT2D eigenvalue weighted by Crippen LogP contribution is 2.28. The van der Waals surface area contributed by atoms with Crippen LogP contribution in [0.5, 0.6) is 0 Å². The molecule has 4 heteroatoms. The fourth-order valence-corrected chi connectivity index (χ4v) is 2.39. The molecule has 1 unspecified atom stereocenters. The molecule has 1 fully saturated rings. The number of halogens is 1. The number of rotatable bonds is 2. The zero-order chi connectivity index (χ0) is 11.5. The molecule has 16 heavy (non-hydrogen) atoms. The van der Waals surface area contributed by atoms with E-state index < -0.39 is 0 Å². The van der Waals surface area contributed by atoms with Gasteiger partial charge >= 0.3 is 0 Å². The number of hydrogen-bond acceptors (Lipinski definition) is 3. The second-order valence-corrected chi connectivity index (χ2v) is 4.73. The van der Waals surface area contributed by atoms with E-state index >= 15 is 0 Å². The largest absolute Gasteiger partial charge is 0.379 e. The van der Waals surface area contributed by atoms with Crippen LogP contribution in [0.4, 0.5) is 5.69 Å². The van der Waals surface area contributed by atoms with E-state index in [1.807, 2.05) is 25.2 Å². The molecule has 0 amide bonds. The first kappa shape index (κ1) is 11.4. The van der Waals surface area contributed by atoms with Crippen molar-refractivity contribution in [3.05, 3.63) is 28.2 Å². The third-order valence-corrected chi connectivity index (χ3v) is 3.60. The Morgan fingerprint density at radius 1 is 1.56 bits per heavy atom. The van der Waals surface area contributed by atoms with Crippen LogP contribution in [-0.4, -0.2) is 26.3 Å². The highest BCUT2D eigenvalue weighted by Gasteiger charge is 2.22. The molecule has 3 nitrogen and oxygen atoms in total. The molecule has 0 aliphatic carbocycles. The minimum atomic E-state index is 0.376. The molecule has 1 heterocycles. The summed E-state index contributed by atoms with van der Waals surface area (Å²) in [5, 5.41) is 9.15. The van der Waals surface area contributed by atoms with E-state index in [0.717, 1.165) is 29.8 Å². The van der Waals surface area contributed by atoms with Gasteiger partial charge in [-0.3, -0.25) is 0 Å². The lowest BCUT2D eigenvalue weighted by Crippen LogP contribution is -2.32. The molecular formula is C12H13BrN2O. The average Bonchev–Trinajstić information content (AvgIpc) is 2.81. The smallest absolute Gasteiger partial charge is 0.103 e. The lowest BCUT2D eigenvalue weighted by molar-refractivity contribution is 0.193. The van der Waals surface area contributed by atoms with Gasteiger partial charge in [0.1, 0.15) is 6.07 Å². The molecule has 0 saturated carbocycles. The van der Waals surface area contributed by atoms with Gasteiger partial charge in [0, 0.05) is 18.1 Å². The van der Waals surface area contributed by atoms with Gasteiger partial charge in [0.15, 0.2) is 0 Å². The number of nitrogens with zero attached hydrogens (tertiary/aromatic N) is 2. The van der Waals surface area contributed by atoms with Crippen LogP contribution >= 0.6 is 15.9 Å². The third kappa shape index (κ3) is 2.06. The van der Waals surface area contributed by atoms with Gasteiger partial charge in [0.2, 0.25) is 0 Å². The van der Waals surface area contributed by atoms with Gasteiger partial charge in [-0.2, -0.15) is 5.26 Å². The lowest BCUT2D eigenvalue weighted by atomic mass is 10.1. The van der Waals surface area contributed by atoms with Crippen molar-refractivity contribution in [3.8, 4) is 6.07 Å². The molecule has 0 radical (unpaired) electrons. The Bertz CT molecular complexity index is 422. The van der Waals surface area contributed by atoms with Gasteiger partial charge in [0.05, 0.1) is 23.9 Å². The summed E-state index contributed by atoms with van der Waals surface area (Å²) < 4.78 is 6.21. The second kappa shape index (κ2) is 4.86. The van der Waals surface area contributed by atoms with Gasteiger partial charge in [-0.25, -0.2) is 0 Å². The molecule has 1 aromatic carbocycles. The van der Waals surface area contributed by atoms with Crippen LogP contribution in [0.3, 0.4) is 0 Å². The standard InChI is InChI=1S/C12H13BrN2O/c1-15(9-5-6-16-8-9)12-4-2-3-11(13)10(12)7-14/h2-4,9H,5-6,8H2,1H3. The summed E-state index contributed by atoms with van der Waals surface area (Å²) in [6, 6.07) is 8.43. The normalized spacial score (nSPS) is 19.4. The SMILES string of the molecule is CN(c1cccc(Br)c1C#N)C1CCOC1. The summed E-state index contributed by atoms with van der Waals surface area (Å²) in [4.78, 5) is 2.14. The molecule has 1 aliphatic rings. The maximum atomic E-state index is 9.15. The maximum absolute atomic E-state index is 9.15. The molecule has 1 saturated heterocycles. The summed E-state index contributed by atoms with van der Waals surface area (Å²) in [5.41, 5.74) is 1.66. The summed E-state index contributed by atoms with van der Waals surface area (Å²) in [7, 11) is 2.02. The first-order chi connectivity index (χ1) is 7.74. The van der Waals surface area contributed by atoms with E-state index in [1.54, 1.807) is 0 Å². The van der Waals surface area contributed by atoms with Crippen LogP contribution in [-0.2, 0) is 4.74 Å². The van der Waals surface area contributed by atoms with Gasteiger partial charge in [-0.05, 0) is 34.5 Å². The fourth-order valence-electron chi connectivity index (χ4n) is 1.94. The topological polar surface area (TPSA) is 36.3 Å². The van der Waals surface area contributed by atoms with Crippen molar-refractivity contribution >= 4 is 21.6 Å². The van der Waals surface area contributed by atoms with Gasteiger partial charge < -0.3 is 9.64 Å². The lowest BCUT2D eigenvalue weighted by Gasteiger charge is -2.26. The Morgan fingerprint density at radius 3 is 3.00 bits per heavy atom. The van der Waals surface area contributed by atoms with E-state index in [2.05, 4.69) is 26.9 Å². The molecule has 1 aliphatic heterocycles. The van der Waals surface area contributed by atoms with E-state index in [-0.39, 0.29) is 0 Å². The van der Waals surface area contributed by atoms with E-state index in [0.29, 0.717) is 11.6 Å². The summed E-state index contributed by atoms with van der Waals surface area (Å²) >= 11 is 3.40. The highest BCUT2D eigenvalue weighted by molar-refractivity contribution is 9.10. The number of ether oxygens (including phenoxy) is 1. The first-order valence-electron chi connectivity index (χ1n) is 5.23. The molecular weight excluding hydrogens is 268 g/mol. The van der Waals surface area contributed by atoms with Crippen molar-refractivity contribution in [1.29, 1.82) is 5.26 Å². The summed E-state index contributed by atoms with van der Waals surface area (Å²) in [6.07, 6.45) is 1.02. The van der Waals surface area contributed by atoms with Crippen molar-refractivity contribution in [1.82, 2.24) is 0 Å². The van der Waals surface area contributed by atoms with Crippen molar-refractivity contribution in [3.63, 3.8) is 0 Å². The number of hydrogen-bond donors (Lipinski definition) is 0. The minimum Gasteiger partial charge on any atom is -0.379 e. The van der Waals surface area contributed by atoms with Crippen molar-refractivity contribution < 1.29 is 4.74 Å². The molecule has 84 valence electrons. The average molecular weight is 281 g/mol. The molecule has 0 spiro atoms. The second-order valence-electron chi connectivity index (χ2n) is 3.87. The van der Waals surface area contributed by atoms with Crippen molar-refractivity contribution in [2.45, 2.75) is 12.5 Å². The molecule has 1 aromatic rings. The Kier molecular flexibility index (Phi) is 3.47. The number of benzene rings is 1. The maximum Gasteiger partial charge on any atom is 0.103 e. The van der Waals surface area contributed by atoms with Crippen LogP contribution in [0.25, 0.3) is 0 Å². The van der Waals surface area contributed by atoms with Gasteiger partial charge in [-0.15, -0.1) is 0 Å². The van der Waals surface area contributed by atoms with Gasteiger partial charge in [-0.1, -0.05) is 6.07 Å². The molecule has 1 atom stereocenters. The minimum absolute atomic E-state index is 0.376. The van der Waals surface area contributed by atoms with Crippen LogP contribution < -0.4 is 4.90 Å². The highest BCUT2D eigenvalue weighted by atomic mass is 79.9. The van der Waals surface area contributed by atoms with Crippen LogP contribution in [0, 0.1) is 11.3 Å². The quantitative estimate of drug-likeness (QED) is 0.835. The Hall–Kier alpha value is -1.05. The van der Waals surface area contributed by atoms with Crippen molar-refractivity contribution in [2.75, 3.05) is 25.2 Å². The summed E-state index contributed by atoms with van der Waals surface area (Å²) in [5.74, 6) is 0. The Labute approximate surface area is 104 Å². The fraction of sp³-hybridized carbons (Fsp3) is 0.417. The summed E-state index contributed by atoms with van der Waals surface area (Å²) in [6.45, 7) is 1.55. The molecule has 2 rings (SSSR count). The monoisotopic (exact) mass is 280 g/mol. The first-order valence-corrected chi connectivity index (χ1v) is 6.02. The van der Waals surface area contributed by atoms with Crippen LogP contribution in [0.15, 0.2) is 22.7 Å². The predicted octanol–water partition coefficient (Wildman–Crippen LogP) is 2.55. The predicted molar refractivity (Wildman–Crippen MR) is 66.5 cm³/mol. The third-order valence-electron chi connectivity index (χ3n) is 2.94. The zero-order valence-corrected chi connectivity index (χ0v) is 10.7. The van der Waals surface area contributed by atoms with Gasteiger partial charge in [0.25, 0.3) is 0 Å². The van der Waals surface area contributed by atoms with Crippen LogP contribution in [0.2, 0.25) is 0 Å². The van der Waals surface area contributed by atoms with Crippen LogP contribution in [0.1, 0.15) is 12.0 Å². The molecule has 0 aromatic heterocycles. The molecule has 0 N–H and O–H groups in total. The van der Waals surface area contributed by atoms with E-state index in [1.165, 1.54) is 0 Å². The zero-order valence-electron chi connectivity index (χ0n) is 9.11. The Morgan fingerprint density at radius 2 is 2.38 bits per heavy atom. The van der Waals surface area contributed by atoms with E-state index in [4.69, 9.17) is 10.00 Å². The van der Waals surface area contributed by atoms with E-state index in [9.17, 15) is 0 Å². The number of anilines is 1. The number of nitriles is 1. The Balaban J connectivity index is 2.32. The number of likely N-dealkylation sites (N-methyl/N-ethyl adjacent to an activating group) is 1. The van der Waals surface area contributed by atoms with Crippen molar-refractivity contribution in [2.24, 2.45) is 0 Å². The molecule has 0 bridgehead atoms.